The molecule has 34 heavy (non-hydrogen) atoms. The van der Waals surface area contributed by atoms with Crippen LogP contribution >= 0.6 is 0 Å². The largest absolute Gasteiger partial charge is 0.501 e. The number of aliphatic hydroxyl groups excluding tert-OH is 1. The van der Waals surface area contributed by atoms with E-state index in [9.17, 15) is 14.7 Å². The lowest BCUT2D eigenvalue weighted by atomic mass is 9.51. The van der Waals surface area contributed by atoms with Gasteiger partial charge in [0, 0.05) is 23.8 Å². The van der Waals surface area contributed by atoms with Gasteiger partial charge in [-0.05, 0) is 55.1 Å². The van der Waals surface area contributed by atoms with Crippen molar-refractivity contribution in [2.24, 2.45) is 23.2 Å². The second kappa shape index (κ2) is 8.17. The number of rotatable bonds is 4. The van der Waals surface area contributed by atoms with Gasteiger partial charge in [0.2, 0.25) is 0 Å². The molecule has 2 fully saturated rings. The fourth-order valence-corrected chi connectivity index (χ4v) is 8.00. The quantitative estimate of drug-likeness (QED) is 0.456. The van der Waals surface area contributed by atoms with Gasteiger partial charge < -0.3 is 19.0 Å². The molecule has 6 atom stereocenters. The minimum atomic E-state index is -2.30. The predicted octanol–water partition coefficient (Wildman–Crippen LogP) is 4.70. The monoisotopic (exact) mass is 488 g/mol. The molecule has 0 amide bonds. The lowest BCUT2D eigenvalue weighted by Crippen LogP contribution is -2.64. The fourth-order valence-electron chi connectivity index (χ4n) is 6.62. The molecule has 2 saturated carbocycles. The van der Waals surface area contributed by atoms with Gasteiger partial charge in [-0.25, -0.2) is 0 Å². The van der Waals surface area contributed by atoms with Crippen molar-refractivity contribution in [3.63, 3.8) is 0 Å². The van der Waals surface area contributed by atoms with Crippen LogP contribution in [0.25, 0.3) is 0 Å². The topological polar surface area (TPSA) is 82.1 Å². The summed E-state index contributed by atoms with van der Waals surface area (Å²) in [6, 6.07) is 0. The first-order chi connectivity index (χ1) is 15.7. The van der Waals surface area contributed by atoms with Crippen LogP contribution in [-0.4, -0.2) is 51.6 Å². The molecule has 0 radical (unpaired) electrons. The van der Waals surface area contributed by atoms with E-state index < -0.39 is 37.8 Å². The summed E-state index contributed by atoms with van der Waals surface area (Å²) in [7, 11) is 0.777. The lowest BCUT2D eigenvalue weighted by Gasteiger charge is -2.56. The summed E-state index contributed by atoms with van der Waals surface area (Å²) < 4.78 is 17.8. The Hall–Kier alpha value is -1.70. The van der Waals surface area contributed by atoms with Gasteiger partial charge in [0.1, 0.15) is 0 Å². The third-order valence-electron chi connectivity index (χ3n) is 9.47. The molecule has 4 rings (SSSR count). The number of hydrogen-bond acceptors (Lipinski definition) is 6. The van der Waals surface area contributed by atoms with Crippen LogP contribution in [0.3, 0.4) is 0 Å². The summed E-state index contributed by atoms with van der Waals surface area (Å²) in [5.74, 6) is -0.986. The molecule has 0 aliphatic heterocycles. The van der Waals surface area contributed by atoms with Gasteiger partial charge in [0.15, 0.2) is 14.1 Å². The number of aliphatic hydroxyl groups is 1. The molecule has 4 aliphatic carbocycles. The van der Waals surface area contributed by atoms with Crippen molar-refractivity contribution >= 4 is 20.1 Å². The van der Waals surface area contributed by atoms with Gasteiger partial charge in [0.05, 0.1) is 43.5 Å². The highest BCUT2D eigenvalue weighted by molar-refractivity contribution is 6.74. The van der Waals surface area contributed by atoms with Crippen LogP contribution in [-0.2, 0) is 23.5 Å². The Morgan fingerprint density at radius 2 is 1.88 bits per heavy atom. The van der Waals surface area contributed by atoms with Crippen molar-refractivity contribution < 1.29 is 28.6 Å². The van der Waals surface area contributed by atoms with E-state index in [1.807, 2.05) is 19.9 Å². The molecule has 188 valence electrons. The molecular formula is C27H40O6Si. The highest BCUT2D eigenvalue weighted by atomic mass is 28.4. The number of hydrogen-bond donors (Lipinski definition) is 1. The van der Waals surface area contributed by atoms with Crippen LogP contribution in [0.2, 0.25) is 18.1 Å². The minimum Gasteiger partial charge on any atom is -0.501 e. The van der Waals surface area contributed by atoms with Gasteiger partial charge in [-0.15, -0.1) is 0 Å². The van der Waals surface area contributed by atoms with Crippen LogP contribution in [0.5, 0.6) is 0 Å². The maximum Gasteiger partial charge on any atom is 0.312 e. The molecule has 0 spiro atoms. The molecule has 4 aliphatic rings. The molecule has 0 bridgehead atoms. The van der Waals surface area contributed by atoms with Gasteiger partial charge in [-0.3, -0.25) is 9.59 Å². The van der Waals surface area contributed by atoms with E-state index in [-0.39, 0.29) is 22.7 Å². The average molecular weight is 489 g/mol. The van der Waals surface area contributed by atoms with Crippen molar-refractivity contribution in [3.05, 3.63) is 34.1 Å². The normalized spacial score (nSPS) is 35.6. The summed E-state index contributed by atoms with van der Waals surface area (Å²) in [6.45, 7) is 14.7. The molecule has 6 nitrogen and oxygen atoms in total. The number of carbonyl (C=O) groups is 2. The molecular weight excluding hydrogens is 448 g/mol. The number of allylic oxidation sites excluding steroid dienone is 5. The highest BCUT2D eigenvalue weighted by Crippen LogP contribution is 2.65. The van der Waals surface area contributed by atoms with Gasteiger partial charge >= 0.3 is 5.97 Å². The van der Waals surface area contributed by atoms with E-state index >= 15 is 0 Å². The second-order valence-electron chi connectivity index (χ2n) is 12.1. The van der Waals surface area contributed by atoms with Crippen molar-refractivity contribution in [1.82, 2.24) is 0 Å². The van der Waals surface area contributed by atoms with Crippen LogP contribution < -0.4 is 0 Å². The van der Waals surface area contributed by atoms with Crippen LogP contribution in [0, 0.1) is 23.2 Å². The van der Waals surface area contributed by atoms with Crippen LogP contribution in [0.15, 0.2) is 34.1 Å². The number of Topliss-reactive ketones (excluding diaryl/α,β-unsaturated/α-hetero) is 1. The van der Waals surface area contributed by atoms with E-state index in [1.54, 1.807) is 7.11 Å². The van der Waals surface area contributed by atoms with Gasteiger partial charge in [0.25, 0.3) is 0 Å². The summed E-state index contributed by atoms with van der Waals surface area (Å²) in [5.41, 5.74) is 2.66. The third-order valence-corrected chi connectivity index (χ3v) is 13.9. The van der Waals surface area contributed by atoms with Gasteiger partial charge in [-0.2, -0.15) is 0 Å². The van der Waals surface area contributed by atoms with Crippen LogP contribution in [0.4, 0.5) is 0 Å². The molecule has 0 saturated heterocycles. The molecule has 1 N–H and O–H groups in total. The minimum absolute atomic E-state index is 0.0702. The Balaban J connectivity index is 1.94. The van der Waals surface area contributed by atoms with E-state index in [2.05, 4.69) is 33.9 Å². The summed E-state index contributed by atoms with van der Waals surface area (Å²) in [4.78, 5) is 27.7. The zero-order chi connectivity index (χ0) is 25.4. The van der Waals surface area contributed by atoms with Crippen molar-refractivity contribution in [1.29, 1.82) is 0 Å². The van der Waals surface area contributed by atoms with Crippen molar-refractivity contribution in [3.8, 4) is 0 Å². The third kappa shape index (κ3) is 3.34. The summed E-state index contributed by atoms with van der Waals surface area (Å²) in [6.07, 6.45) is 2.20. The second-order valence-corrected chi connectivity index (χ2v) is 16.9. The van der Waals surface area contributed by atoms with Gasteiger partial charge in [-0.1, -0.05) is 33.3 Å². The first-order valence-electron chi connectivity index (χ1n) is 12.4. The molecule has 0 aromatic heterocycles. The number of esters is 1. The number of ketones is 1. The Morgan fingerprint density at radius 3 is 2.44 bits per heavy atom. The van der Waals surface area contributed by atoms with E-state index in [4.69, 9.17) is 13.9 Å². The number of carbonyl (C=O) groups excluding carboxylic acids is 2. The first kappa shape index (κ1) is 25.4. The molecule has 0 heterocycles. The Bertz CT molecular complexity index is 1010. The maximum absolute atomic E-state index is 14.0. The zero-order valence-electron chi connectivity index (χ0n) is 22.1. The molecule has 0 aromatic rings. The molecule has 0 aromatic carbocycles. The van der Waals surface area contributed by atoms with Crippen molar-refractivity contribution in [2.75, 3.05) is 14.2 Å². The number of ether oxygens (including phenoxy) is 2. The zero-order valence-corrected chi connectivity index (χ0v) is 23.1. The predicted molar refractivity (Wildman–Crippen MR) is 132 cm³/mol. The van der Waals surface area contributed by atoms with E-state index in [1.165, 1.54) is 7.11 Å². The molecule has 0 unspecified atom stereocenters. The lowest BCUT2D eigenvalue weighted by molar-refractivity contribution is -0.187. The smallest absolute Gasteiger partial charge is 0.312 e. The average Bonchev–Trinajstić information content (AvgIpc) is 2.98. The highest BCUT2D eigenvalue weighted by Gasteiger charge is 2.69. The van der Waals surface area contributed by atoms with E-state index in [0.29, 0.717) is 24.8 Å². The summed E-state index contributed by atoms with van der Waals surface area (Å²) in [5, 5.41) is 11.7. The Morgan fingerprint density at radius 1 is 1.24 bits per heavy atom. The molecule has 7 heteroatoms. The number of methoxy groups -OCH3 is 2. The first-order valence-corrected chi connectivity index (χ1v) is 15.3. The van der Waals surface area contributed by atoms with Crippen molar-refractivity contribution in [2.45, 2.75) is 84.2 Å². The Labute approximate surface area is 204 Å². The SMILES string of the molecule is COC(=O)[C@@]12CCC3=C4C(=C(C)CC(OC)=C3)C(=O)[C@H]([C@@H](O)[C@@H](O[Si](C)(C)C(C)(C)C)[C@H]1C)[C@@H]42. The Kier molecular flexibility index (Phi) is 6.10. The maximum atomic E-state index is 14.0. The van der Waals surface area contributed by atoms with E-state index in [0.717, 1.165) is 22.5 Å². The summed E-state index contributed by atoms with van der Waals surface area (Å²) >= 11 is 0. The fraction of sp³-hybridized carbons (Fsp3) is 0.704. The standard InChI is InChI=1S/C27H40O6Si/c1-14-12-17(31-6)13-16-10-11-27(25(30)32-7)15(2)24(33-34(8,9)26(3,4)5)23(29)20-21(27)19(16)18(14)22(20)28/h13,15,20-21,23-24,29H,10-12H2,1-9H3/t15-,20-,21-,23-,24+,27+/m1/s1. The van der Waals surface area contributed by atoms with Crippen LogP contribution in [0.1, 0.15) is 53.9 Å².